The lowest BCUT2D eigenvalue weighted by Gasteiger charge is -2.31. The Bertz CT molecular complexity index is 267. The second-order valence-electron chi connectivity index (χ2n) is 3.16. The minimum Gasteiger partial charge on any atom is -0.370 e. The van der Waals surface area contributed by atoms with E-state index in [4.69, 9.17) is 6.42 Å². The molecule has 1 N–H and O–H groups in total. The summed E-state index contributed by atoms with van der Waals surface area (Å²) in [6, 6.07) is 0. The van der Waals surface area contributed by atoms with Crippen LogP contribution >= 0.6 is 0 Å². The Labute approximate surface area is 78.0 Å². The number of aliphatic hydroxyl groups is 1. The Kier molecular flexibility index (Phi) is 2.74. The molecule has 1 rings (SSSR count). The Balaban J connectivity index is 2.79. The number of terminal acetylenes is 1. The van der Waals surface area contributed by atoms with E-state index >= 15 is 0 Å². The zero-order valence-corrected chi connectivity index (χ0v) is 7.49. The van der Waals surface area contributed by atoms with Crippen LogP contribution in [-0.2, 0) is 4.79 Å². The van der Waals surface area contributed by atoms with E-state index < -0.39 is 5.72 Å². The Hall–Kier alpha value is -1.27. The molecule has 0 aromatic carbocycles. The fourth-order valence-corrected chi connectivity index (χ4v) is 1.58. The molecular formula is C10H13NO2. The van der Waals surface area contributed by atoms with Gasteiger partial charge in [-0.25, -0.2) is 0 Å². The fraction of sp³-hybridized carbons (Fsp3) is 0.500. The summed E-state index contributed by atoms with van der Waals surface area (Å²) in [5.74, 6) is 2.28. The molecular weight excluding hydrogens is 166 g/mol. The van der Waals surface area contributed by atoms with Crippen LogP contribution in [0.2, 0.25) is 0 Å². The number of rotatable bonds is 3. The summed E-state index contributed by atoms with van der Waals surface area (Å²) in [7, 11) is 0. The molecule has 0 aromatic rings. The van der Waals surface area contributed by atoms with Crippen molar-refractivity contribution >= 4 is 5.91 Å². The van der Waals surface area contributed by atoms with Crippen molar-refractivity contribution in [2.75, 3.05) is 6.54 Å². The van der Waals surface area contributed by atoms with E-state index in [0.29, 0.717) is 19.3 Å². The Morgan fingerprint density at radius 1 is 1.85 bits per heavy atom. The van der Waals surface area contributed by atoms with Crippen LogP contribution in [-0.4, -0.2) is 28.2 Å². The smallest absolute Gasteiger partial charge is 0.225 e. The average Bonchev–Trinajstić information content (AvgIpc) is 2.34. The predicted molar refractivity (Wildman–Crippen MR) is 49.5 cm³/mol. The van der Waals surface area contributed by atoms with Crippen molar-refractivity contribution in [3.63, 3.8) is 0 Å². The first kappa shape index (κ1) is 9.82. The van der Waals surface area contributed by atoms with E-state index in [1.165, 1.54) is 4.90 Å². The third kappa shape index (κ3) is 1.73. The first-order valence-electron chi connectivity index (χ1n) is 4.21. The number of carbonyl (C=O) groups is 1. The van der Waals surface area contributed by atoms with E-state index in [2.05, 4.69) is 12.5 Å². The molecule has 70 valence electrons. The summed E-state index contributed by atoms with van der Waals surface area (Å²) in [6.07, 6.45) is 7.89. The molecule has 0 spiro atoms. The van der Waals surface area contributed by atoms with Crippen molar-refractivity contribution < 1.29 is 9.90 Å². The molecule has 0 bridgehead atoms. The van der Waals surface area contributed by atoms with Gasteiger partial charge in [-0.1, -0.05) is 12.0 Å². The standard InChI is InChI=1S/C10H13NO2/c1-3-6-10(13)7-5-9(12)11(10)8-4-2/h2-3,13H,1,5-8H2. The Morgan fingerprint density at radius 2 is 2.54 bits per heavy atom. The maximum absolute atomic E-state index is 11.3. The second-order valence-corrected chi connectivity index (χ2v) is 3.16. The normalized spacial score (nSPS) is 27.4. The van der Waals surface area contributed by atoms with Crippen molar-refractivity contribution in [2.24, 2.45) is 0 Å². The lowest BCUT2D eigenvalue weighted by molar-refractivity contribution is -0.142. The van der Waals surface area contributed by atoms with Gasteiger partial charge in [0.2, 0.25) is 5.91 Å². The highest BCUT2D eigenvalue weighted by atomic mass is 16.3. The summed E-state index contributed by atoms with van der Waals surface area (Å²) in [6.45, 7) is 3.71. The van der Waals surface area contributed by atoms with Gasteiger partial charge < -0.3 is 10.0 Å². The highest BCUT2D eigenvalue weighted by Crippen LogP contribution is 2.30. The lowest BCUT2D eigenvalue weighted by Crippen LogP contribution is -2.45. The van der Waals surface area contributed by atoms with Gasteiger partial charge in [-0.2, -0.15) is 0 Å². The van der Waals surface area contributed by atoms with Gasteiger partial charge in [0.25, 0.3) is 0 Å². The number of amides is 1. The van der Waals surface area contributed by atoms with Crippen LogP contribution in [0, 0.1) is 12.3 Å². The number of hydrogen-bond acceptors (Lipinski definition) is 2. The minimum atomic E-state index is -1.09. The monoisotopic (exact) mass is 179 g/mol. The van der Waals surface area contributed by atoms with Crippen molar-refractivity contribution in [3.05, 3.63) is 12.7 Å². The molecule has 1 atom stereocenters. The van der Waals surface area contributed by atoms with Crippen LogP contribution in [0.15, 0.2) is 12.7 Å². The predicted octanol–water partition coefficient (Wildman–Crippen LogP) is 0.507. The molecule has 1 amide bonds. The molecule has 3 nitrogen and oxygen atoms in total. The number of likely N-dealkylation sites (tertiary alicyclic amines) is 1. The van der Waals surface area contributed by atoms with Crippen molar-refractivity contribution in [3.8, 4) is 12.3 Å². The third-order valence-corrected chi connectivity index (χ3v) is 2.26. The SMILES string of the molecule is C#CCN1C(=O)CCC1(O)CC=C. The van der Waals surface area contributed by atoms with Crippen LogP contribution in [0.25, 0.3) is 0 Å². The van der Waals surface area contributed by atoms with Crippen LogP contribution in [0.3, 0.4) is 0 Å². The van der Waals surface area contributed by atoms with E-state index in [9.17, 15) is 9.90 Å². The van der Waals surface area contributed by atoms with Gasteiger partial charge in [0, 0.05) is 19.3 Å². The summed E-state index contributed by atoms with van der Waals surface area (Å²) in [5, 5.41) is 9.99. The third-order valence-electron chi connectivity index (χ3n) is 2.26. The van der Waals surface area contributed by atoms with Gasteiger partial charge in [-0.05, 0) is 0 Å². The van der Waals surface area contributed by atoms with E-state index in [-0.39, 0.29) is 12.5 Å². The minimum absolute atomic E-state index is 0.0812. The second kappa shape index (κ2) is 3.63. The summed E-state index contributed by atoms with van der Waals surface area (Å²) in [4.78, 5) is 12.6. The molecule has 1 heterocycles. The average molecular weight is 179 g/mol. The molecule has 3 heteroatoms. The van der Waals surface area contributed by atoms with Crippen LogP contribution < -0.4 is 0 Å². The quantitative estimate of drug-likeness (QED) is 0.506. The molecule has 13 heavy (non-hydrogen) atoms. The highest BCUT2D eigenvalue weighted by Gasteiger charge is 2.42. The maximum atomic E-state index is 11.3. The zero-order chi connectivity index (χ0) is 9.90. The molecule has 1 fully saturated rings. The number of hydrogen-bond donors (Lipinski definition) is 1. The molecule has 0 aromatic heterocycles. The molecule has 1 saturated heterocycles. The highest BCUT2D eigenvalue weighted by molar-refractivity contribution is 5.79. The van der Waals surface area contributed by atoms with Crippen molar-refractivity contribution in [2.45, 2.75) is 25.0 Å². The Morgan fingerprint density at radius 3 is 3.08 bits per heavy atom. The van der Waals surface area contributed by atoms with Gasteiger partial charge in [0.15, 0.2) is 0 Å². The van der Waals surface area contributed by atoms with E-state index in [0.717, 1.165) is 0 Å². The van der Waals surface area contributed by atoms with Crippen LogP contribution in [0.4, 0.5) is 0 Å². The first-order chi connectivity index (χ1) is 6.14. The maximum Gasteiger partial charge on any atom is 0.225 e. The van der Waals surface area contributed by atoms with Gasteiger partial charge in [-0.15, -0.1) is 13.0 Å². The molecule has 0 saturated carbocycles. The topological polar surface area (TPSA) is 40.5 Å². The summed E-state index contributed by atoms with van der Waals surface area (Å²) < 4.78 is 0. The van der Waals surface area contributed by atoms with Gasteiger partial charge in [0.05, 0.1) is 6.54 Å². The number of nitrogens with zero attached hydrogens (tertiary/aromatic N) is 1. The fourth-order valence-electron chi connectivity index (χ4n) is 1.58. The molecule has 1 aliphatic rings. The van der Waals surface area contributed by atoms with Gasteiger partial charge >= 0.3 is 0 Å². The van der Waals surface area contributed by atoms with E-state index in [1.54, 1.807) is 6.08 Å². The van der Waals surface area contributed by atoms with Gasteiger partial charge in [0.1, 0.15) is 5.72 Å². The summed E-state index contributed by atoms with van der Waals surface area (Å²) >= 11 is 0. The number of carbonyl (C=O) groups excluding carboxylic acids is 1. The lowest BCUT2D eigenvalue weighted by atomic mass is 10.1. The van der Waals surface area contributed by atoms with Crippen molar-refractivity contribution in [1.29, 1.82) is 0 Å². The molecule has 1 aliphatic heterocycles. The molecule has 1 unspecified atom stereocenters. The van der Waals surface area contributed by atoms with Gasteiger partial charge in [-0.3, -0.25) is 4.79 Å². The zero-order valence-electron chi connectivity index (χ0n) is 7.49. The largest absolute Gasteiger partial charge is 0.370 e. The first-order valence-corrected chi connectivity index (χ1v) is 4.21. The summed E-state index contributed by atoms with van der Waals surface area (Å²) in [5.41, 5.74) is -1.09. The van der Waals surface area contributed by atoms with E-state index in [1.807, 2.05) is 0 Å². The molecule has 0 aliphatic carbocycles. The molecule has 0 radical (unpaired) electrons. The van der Waals surface area contributed by atoms with Crippen LogP contribution in [0.5, 0.6) is 0 Å². The van der Waals surface area contributed by atoms with Crippen molar-refractivity contribution in [1.82, 2.24) is 4.90 Å². The van der Waals surface area contributed by atoms with Crippen LogP contribution in [0.1, 0.15) is 19.3 Å².